The van der Waals surface area contributed by atoms with Gasteiger partial charge in [0.2, 0.25) is 0 Å². The number of benzene rings is 2. The maximum absolute atomic E-state index is 12.2. The van der Waals surface area contributed by atoms with Crippen molar-refractivity contribution in [2.45, 2.75) is 17.9 Å². The summed E-state index contributed by atoms with van der Waals surface area (Å²) in [4.78, 5) is 12.4. The number of sulfone groups is 1. The highest BCUT2D eigenvalue weighted by Crippen LogP contribution is 2.17. The van der Waals surface area contributed by atoms with Gasteiger partial charge in [0, 0.05) is 16.3 Å². The van der Waals surface area contributed by atoms with Gasteiger partial charge in [0.1, 0.15) is 0 Å². The van der Waals surface area contributed by atoms with Crippen LogP contribution in [0.3, 0.4) is 0 Å². The summed E-state index contributed by atoms with van der Waals surface area (Å²) >= 11 is 3.37. The van der Waals surface area contributed by atoms with Crippen LogP contribution in [0.1, 0.15) is 28.9 Å². The maximum atomic E-state index is 12.2. The van der Waals surface area contributed by atoms with Gasteiger partial charge in [-0.25, -0.2) is 8.42 Å². The van der Waals surface area contributed by atoms with Crippen molar-refractivity contribution in [2.24, 2.45) is 0 Å². The van der Waals surface area contributed by atoms with E-state index in [0.29, 0.717) is 5.56 Å². The van der Waals surface area contributed by atoms with Crippen molar-refractivity contribution in [3.8, 4) is 0 Å². The van der Waals surface area contributed by atoms with Crippen molar-refractivity contribution >= 4 is 31.7 Å². The predicted molar refractivity (Wildman–Crippen MR) is 89.6 cm³/mol. The van der Waals surface area contributed by atoms with E-state index in [4.69, 9.17) is 0 Å². The summed E-state index contributed by atoms with van der Waals surface area (Å²) in [5.74, 6) is -0.240. The van der Waals surface area contributed by atoms with Gasteiger partial charge in [0.05, 0.1) is 10.9 Å². The molecule has 0 spiro atoms. The zero-order valence-corrected chi connectivity index (χ0v) is 14.6. The summed E-state index contributed by atoms with van der Waals surface area (Å²) in [6.45, 7) is 1.89. The van der Waals surface area contributed by atoms with Gasteiger partial charge in [-0.05, 0) is 48.9 Å². The Kier molecular flexibility index (Phi) is 5.03. The third-order valence-corrected chi connectivity index (χ3v) is 4.92. The molecule has 0 unspecified atom stereocenters. The van der Waals surface area contributed by atoms with E-state index in [-0.39, 0.29) is 16.8 Å². The summed E-state index contributed by atoms with van der Waals surface area (Å²) < 4.78 is 23.8. The molecule has 2 rings (SSSR count). The normalized spacial score (nSPS) is 12.7. The Hall–Kier alpha value is -1.66. The molecule has 1 amide bonds. The van der Waals surface area contributed by atoms with E-state index in [1.165, 1.54) is 24.3 Å². The van der Waals surface area contributed by atoms with E-state index < -0.39 is 9.84 Å². The van der Waals surface area contributed by atoms with Crippen LogP contribution in [-0.4, -0.2) is 20.6 Å². The highest BCUT2D eigenvalue weighted by molar-refractivity contribution is 9.10. The van der Waals surface area contributed by atoms with Crippen LogP contribution >= 0.6 is 15.9 Å². The van der Waals surface area contributed by atoms with E-state index in [1.54, 1.807) is 0 Å². The highest BCUT2D eigenvalue weighted by Gasteiger charge is 2.13. The first-order valence-corrected chi connectivity index (χ1v) is 9.32. The molecule has 1 atom stereocenters. The van der Waals surface area contributed by atoms with E-state index in [0.717, 1.165) is 16.3 Å². The van der Waals surface area contributed by atoms with Crippen LogP contribution in [0.5, 0.6) is 0 Å². The maximum Gasteiger partial charge on any atom is 0.251 e. The third kappa shape index (κ3) is 4.18. The molecule has 2 aromatic rings. The molecule has 0 bridgehead atoms. The molecule has 0 aliphatic rings. The quantitative estimate of drug-likeness (QED) is 0.882. The van der Waals surface area contributed by atoms with E-state index in [2.05, 4.69) is 21.2 Å². The van der Waals surface area contributed by atoms with Crippen molar-refractivity contribution in [3.63, 3.8) is 0 Å². The number of halogens is 1. The number of rotatable bonds is 4. The van der Waals surface area contributed by atoms with Crippen molar-refractivity contribution < 1.29 is 13.2 Å². The lowest BCUT2D eigenvalue weighted by Gasteiger charge is -2.14. The lowest BCUT2D eigenvalue weighted by atomic mass is 10.1. The van der Waals surface area contributed by atoms with Gasteiger partial charge in [-0.3, -0.25) is 4.79 Å². The Morgan fingerprint density at radius 2 is 1.59 bits per heavy atom. The van der Waals surface area contributed by atoms with Gasteiger partial charge in [0.15, 0.2) is 9.84 Å². The molecule has 22 heavy (non-hydrogen) atoms. The minimum absolute atomic E-state index is 0.143. The zero-order valence-electron chi connectivity index (χ0n) is 12.2. The Labute approximate surface area is 138 Å². The molecule has 2 aromatic carbocycles. The third-order valence-electron chi connectivity index (χ3n) is 3.26. The first-order valence-electron chi connectivity index (χ1n) is 6.64. The second kappa shape index (κ2) is 6.62. The number of nitrogens with one attached hydrogen (secondary N) is 1. The summed E-state index contributed by atoms with van der Waals surface area (Å²) in [5.41, 5.74) is 1.42. The molecule has 1 N–H and O–H groups in total. The minimum atomic E-state index is -3.25. The fourth-order valence-electron chi connectivity index (χ4n) is 1.97. The summed E-state index contributed by atoms with van der Waals surface area (Å²) in [6, 6.07) is 13.5. The Morgan fingerprint density at radius 1 is 1.05 bits per heavy atom. The number of carbonyl (C=O) groups excluding carboxylic acids is 1. The van der Waals surface area contributed by atoms with Gasteiger partial charge in [-0.1, -0.05) is 28.1 Å². The Balaban J connectivity index is 2.10. The molecular formula is C16H16BrNO3S. The molecule has 0 radical (unpaired) electrons. The van der Waals surface area contributed by atoms with Gasteiger partial charge in [0.25, 0.3) is 5.91 Å². The molecule has 0 fully saturated rings. The topological polar surface area (TPSA) is 63.2 Å². The number of hydrogen-bond donors (Lipinski definition) is 1. The Morgan fingerprint density at radius 3 is 2.09 bits per heavy atom. The SMILES string of the molecule is C[C@H](NC(=O)c1ccc(S(C)(=O)=O)cc1)c1ccc(Br)cc1. The van der Waals surface area contributed by atoms with Gasteiger partial charge >= 0.3 is 0 Å². The fourth-order valence-corrected chi connectivity index (χ4v) is 2.86. The molecule has 4 nitrogen and oxygen atoms in total. The van der Waals surface area contributed by atoms with E-state index >= 15 is 0 Å². The number of hydrogen-bond acceptors (Lipinski definition) is 3. The zero-order chi connectivity index (χ0) is 16.3. The van der Waals surface area contributed by atoms with Gasteiger partial charge < -0.3 is 5.32 Å². The Bertz CT molecular complexity index is 768. The van der Waals surface area contributed by atoms with E-state index in [1.807, 2.05) is 31.2 Å². The first kappa shape index (κ1) is 16.7. The van der Waals surface area contributed by atoms with Crippen molar-refractivity contribution in [1.29, 1.82) is 0 Å². The largest absolute Gasteiger partial charge is 0.346 e. The lowest BCUT2D eigenvalue weighted by Crippen LogP contribution is -2.26. The second-order valence-corrected chi connectivity index (χ2v) is 7.97. The monoisotopic (exact) mass is 381 g/mol. The highest BCUT2D eigenvalue weighted by atomic mass is 79.9. The van der Waals surface area contributed by atoms with Crippen LogP contribution in [0, 0.1) is 0 Å². The molecule has 116 valence electrons. The van der Waals surface area contributed by atoms with Crippen LogP contribution in [0.15, 0.2) is 57.9 Å². The fraction of sp³-hybridized carbons (Fsp3) is 0.188. The average molecular weight is 382 g/mol. The number of amides is 1. The van der Waals surface area contributed by atoms with Gasteiger partial charge in [-0.2, -0.15) is 0 Å². The lowest BCUT2D eigenvalue weighted by molar-refractivity contribution is 0.0940. The summed E-state index contributed by atoms with van der Waals surface area (Å²) in [7, 11) is -3.25. The molecule has 0 aromatic heterocycles. The van der Waals surface area contributed by atoms with Gasteiger partial charge in [-0.15, -0.1) is 0 Å². The van der Waals surface area contributed by atoms with Crippen molar-refractivity contribution in [3.05, 3.63) is 64.1 Å². The van der Waals surface area contributed by atoms with Crippen molar-refractivity contribution in [1.82, 2.24) is 5.32 Å². The molecular weight excluding hydrogens is 366 g/mol. The molecule has 0 saturated carbocycles. The van der Waals surface area contributed by atoms with Crippen LogP contribution in [0.2, 0.25) is 0 Å². The molecule has 6 heteroatoms. The summed E-state index contributed by atoms with van der Waals surface area (Å²) in [6.07, 6.45) is 1.14. The van der Waals surface area contributed by atoms with E-state index in [9.17, 15) is 13.2 Å². The summed E-state index contributed by atoms with van der Waals surface area (Å²) in [5, 5.41) is 2.89. The van der Waals surface area contributed by atoms with Crippen LogP contribution in [0.4, 0.5) is 0 Å². The molecule has 0 heterocycles. The molecule has 0 aliphatic carbocycles. The molecule has 0 aliphatic heterocycles. The first-order chi connectivity index (χ1) is 10.3. The van der Waals surface area contributed by atoms with Crippen molar-refractivity contribution in [2.75, 3.05) is 6.26 Å². The average Bonchev–Trinajstić information content (AvgIpc) is 2.47. The smallest absolute Gasteiger partial charge is 0.251 e. The second-order valence-electron chi connectivity index (χ2n) is 5.04. The van der Waals surface area contributed by atoms with Crippen LogP contribution < -0.4 is 5.32 Å². The van der Waals surface area contributed by atoms with Crippen LogP contribution in [0.25, 0.3) is 0 Å². The number of carbonyl (C=O) groups is 1. The predicted octanol–water partition coefficient (Wildman–Crippen LogP) is 3.34. The van der Waals surface area contributed by atoms with Crippen LogP contribution in [-0.2, 0) is 9.84 Å². The molecule has 0 saturated heterocycles. The minimum Gasteiger partial charge on any atom is -0.346 e. The standard InChI is InChI=1S/C16H16BrNO3S/c1-11(12-3-7-14(17)8-4-12)18-16(19)13-5-9-15(10-6-13)22(2,20)21/h3-11H,1-2H3,(H,18,19)/t11-/m0/s1.